The molecule has 0 saturated heterocycles. The van der Waals surface area contributed by atoms with Crippen molar-refractivity contribution in [2.45, 2.75) is 19.0 Å². The number of thioether (sulfide) groups is 1. The van der Waals surface area contributed by atoms with Gasteiger partial charge < -0.3 is 15.9 Å². The highest BCUT2D eigenvalue weighted by Gasteiger charge is 2.17. The summed E-state index contributed by atoms with van der Waals surface area (Å²) >= 11 is 7.44. The zero-order chi connectivity index (χ0) is 23.5. The highest BCUT2D eigenvalue weighted by atomic mass is 35.5. The Morgan fingerprint density at radius 2 is 1.97 bits per heavy atom. The number of aromatic nitrogens is 5. The Hall–Kier alpha value is -3.50. The Balaban J connectivity index is 1.43. The lowest BCUT2D eigenvalue weighted by Crippen LogP contribution is -2.17. The average molecular weight is 484 g/mol. The number of anilines is 1. The van der Waals surface area contributed by atoms with Crippen molar-refractivity contribution in [3.63, 3.8) is 0 Å². The van der Waals surface area contributed by atoms with E-state index in [9.17, 15) is 4.79 Å². The van der Waals surface area contributed by atoms with E-state index in [4.69, 9.17) is 22.2 Å². The molecule has 0 aliphatic rings. The second kappa shape index (κ2) is 9.55. The minimum absolute atomic E-state index is 0.0963. The van der Waals surface area contributed by atoms with Crippen molar-refractivity contribution in [3.8, 4) is 28.5 Å². The van der Waals surface area contributed by atoms with Crippen LogP contribution in [0.1, 0.15) is 11.1 Å². The molecule has 4 rings (SSSR count). The van der Waals surface area contributed by atoms with Crippen LogP contribution in [0.15, 0.2) is 47.6 Å². The van der Waals surface area contributed by atoms with Crippen molar-refractivity contribution in [2.75, 3.05) is 24.0 Å². The summed E-state index contributed by atoms with van der Waals surface area (Å²) in [5, 5.41) is 19.2. The number of amides is 1. The van der Waals surface area contributed by atoms with Crippen LogP contribution < -0.4 is 15.9 Å². The van der Waals surface area contributed by atoms with Gasteiger partial charge in [0, 0.05) is 5.56 Å². The van der Waals surface area contributed by atoms with Crippen LogP contribution in [-0.2, 0) is 4.79 Å². The molecule has 0 unspecified atom stereocenters. The third-order valence-electron chi connectivity index (χ3n) is 4.90. The van der Waals surface area contributed by atoms with Crippen LogP contribution in [0.2, 0.25) is 5.02 Å². The molecule has 1 amide bonds. The molecule has 0 aliphatic carbocycles. The van der Waals surface area contributed by atoms with Gasteiger partial charge in [-0.25, -0.2) is 4.68 Å². The lowest BCUT2D eigenvalue weighted by molar-refractivity contribution is -0.113. The van der Waals surface area contributed by atoms with Gasteiger partial charge in [-0.2, -0.15) is 5.10 Å². The Labute approximate surface area is 199 Å². The predicted octanol–water partition coefficient (Wildman–Crippen LogP) is 4.06. The van der Waals surface area contributed by atoms with Crippen LogP contribution in [-0.4, -0.2) is 43.8 Å². The van der Waals surface area contributed by atoms with Gasteiger partial charge in [0.1, 0.15) is 11.4 Å². The van der Waals surface area contributed by atoms with Gasteiger partial charge in [-0.3, -0.25) is 9.89 Å². The normalized spacial score (nSPS) is 10.9. The Morgan fingerprint density at radius 1 is 1.21 bits per heavy atom. The Kier molecular flexibility index (Phi) is 6.57. The van der Waals surface area contributed by atoms with Crippen molar-refractivity contribution < 1.29 is 9.53 Å². The number of halogens is 1. The Bertz CT molecular complexity index is 1280. The summed E-state index contributed by atoms with van der Waals surface area (Å²) < 4.78 is 6.51. The molecule has 9 nitrogen and oxygen atoms in total. The molecule has 4 aromatic rings. The second-order valence-corrected chi connectivity index (χ2v) is 8.70. The van der Waals surface area contributed by atoms with Crippen LogP contribution in [0.3, 0.4) is 0 Å². The first-order valence-electron chi connectivity index (χ1n) is 9.96. The van der Waals surface area contributed by atoms with E-state index < -0.39 is 0 Å². The second-order valence-electron chi connectivity index (χ2n) is 7.35. The van der Waals surface area contributed by atoms with Crippen molar-refractivity contribution >= 4 is 35.0 Å². The molecule has 0 radical (unpaired) electrons. The molecule has 2 aromatic heterocycles. The number of hydrogen-bond acceptors (Lipinski definition) is 7. The summed E-state index contributed by atoms with van der Waals surface area (Å²) in [6.07, 6.45) is 0. The number of carbonyl (C=O) groups excluding carboxylic acids is 1. The summed E-state index contributed by atoms with van der Waals surface area (Å²) in [6.45, 7) is 3.85. The first-order valence-corrected chi connectivity index (χ1v) is 11.3. The van der Waals surface area contributed by atoms with Gasteiger partial charge in [0.2, 0.25) is 16.9 Å². The van der Waals surface area contributed by atoms with Gasteiger partial charge >= 0.3 is 0 Å². The Morgan fingerprint density at radius 3 is 2.67 bits per heavy atom. The standard InChI is InChI=1S/C22H22ClN7O2S/c1-12-8-13(2)20(16(23)9-12)25-19(31)11-33-22-29-28-21(30(22)24)18-10-17(26-27-18)14-4-6-15(32-3)7-5-14/h4-10H,11,24H2,1-3H3,(H,25,31)(H,26,27). The van der Waals surface area contributed by atoms with Gasteiger partial charge in [0.25, 0.3) is 0 Å². The predicted molar refractivity (Wildman–Crippen MR) is 130 cm³/mol. The number of carbonyl (C=O) groups is 1. The van der Waals surface area contributed by atoms with Crippen LogP contribution in [0, 0.1) is 13.8 Å². The van der Waals surface area contributed by atoms with Crippen molar-refractivity contribution in [3.05, 3.63) is 58.6 Å². The first kappa shape index (κ1) is 22.7. The average Bonchev–Trinajstić information content (AvgIpc) is 3.41. The van der Waals surface area contributed by atoms with E-state index in [0.717, 1.165) is 28.1 Å². The topological polar surface area (TPSA) is 124 Å². The third-order valence-corrected chi connectivity index (χ3v) is 6.14. The van der Waals surface area contributed by atoms with Crippen molar-refractivity contribution in [1.82, 2.24) is 25.1 Å². The molecule has 0 spiro atoms. The van der Waals surface area contributed by atoms with Crippen molar-refractivity contribution in [1.29, 1.82) is 0 Å². The van der Waals surface area contributed by atoms with E-state index in [1.54, 1.807) is 7.11 Å². The zero-order valence-corrected chi connectivity index (χ0v) is 19.8. The number of nitrogen functional groups attached to an aromatic ring is 1. The van der Waals surface area contributed by atoms with Gasteiger partial charge in [-0.05, 0) is 61.4 Å². The number of ether oxygens (including phenoxy) is 1. The van der Waals surface area contributed by atoms with Crippen LogP contribution in [0.5, 0.6) is 5.75 Å². The molecule has 0 bridgehead atoms. The van der Waals surface area contributed by atoms with E-state index in [2.05, 4.69) is 25.7 Å². The fraction of sp³-hybridized carbons (Fsp3) is 0.182. The SMILES string of the molecule is COc1ccc(-c2cc(-c3nnc(SCC(=O)Nc4c(C)cc(C)cc4Cl)n3N)[nH]n2)cc1. The molecule has 170 valence electrons. The number of H-pyrrole nitrogens is 1. The van der Waals surface area contributed by atoms with Crippen LogP contribution in [0.4, 0.5) is 5.69 Å². The number of methoxy groups -OCH3 is 1. The molecular weight excluding hydrogens is 462 g/mol. The quantitative estimate of drug-likeness (QED) is 0.267. The number of aryl methyl sites for hydroxylation is 2. The van der Waals surface area contributed by atoms with Gasteiger partial charge in [0.15, 0.2) is 0 Å². The maximum atomic E-state index is 12.5. The zero-order valence-electron chi connectivity index (χ0n) is 18.2. The van der Waals surface area contributed by atoms with E-state index in [1.807, 2.05) is 56.3 Å². The number of nitrogens with two attached hydrogens (primary N) is 1. The van der Waals surface area contributed by atoms with E-state index in [-0.39, 0.29) is 11.7 Å². The molecule has 4 N–H and O–H groups in total. The molecule has 0 fully saturated rings. The molecule has 2 aromatic carbocycles. The molecule has 11 heteroatoms. The lowest BCUT2D eigenvalue weighted by Gasteiger charge is -2.11. The van der Waals surface area contributed by atoms with Gasteiger partial charge in [-0.15, -0.1) is 10.2 Å². The fourth-order valence-corrected chi connectivity index (χ4v) is 4.31. The fourth-order valence-electron chi connectivity index (χ4n) is 3.28. The maximum absolute atomic E-state index is 12.5. The number of hydrogen-bond donors (Lipinski definition) is 3. The monoisotopic (exact) mass is 483 g/mol. The van der Waals surface area contributed by atoms with Crippen molar-refractivity contribution in [2.24, 2.45) is 0 Å². The highest BCUT2D eigenvalue weighted by Crippen LogP contribution is 2.28. The van der Waals surface area contributed by atoms with Gasteiger partial charge in [-0.1, -0.05) is 29.4 Å². The molecule has 0 aliphatic heterocycles. The third kappa shape index (κ3) is 4.96. The summed E-state index contributed by atoms with van der Waals surface area (Å²) in [6, 6.07) is 13.1. The van der Waals surface area contributed by atoms with E-state index >= 15 is 0 Å². The molecule has 2 heterocycles. The highest BCUT2D eigenvalue weighted by molar-refractivity contribution is 7.99. The summed E-state index contributed by atoms with van der Waals surface area (Å²) in [5.41, 5.74) is 4.78. The van der Waals surface area contributed by atoms with Gasteiger partial charge in [0.05, 0.1) is 29.3 Å². The molecular formula is C22H22ClN7O2S. The van der Waals surface area contributed by atoms with Crippen LogP contribution in [0.25, 0.3) is 22.8 Å². The maximum Gasteiger partial charge on any atom is 0.234 e. The minimum Gasteiger partial charge on any atom is -0.497 e. The number of aromatic amines is 1. The van der Waals surface area contributed by atoms with Crippen LogP contribution >= 0.6 is 23.4 Å². The summed E-state index contributed by atoms with van der Waals surface area (Å²) in [5.74, 6) is 7.22. The van der Waals surface area contributed by atoms with E-state index in [0.29, 0.717) is 27.4 Å². The molecule has 33 heavy (non-hydrogen) atoms. The minimum atomic E-state index is -0.221. The number of rotatable bonds is 7. The molecule has 0 saturated carbocycles. The smallest absolute Gasteiger partial charge is 0.234 e. The summed E-state index contributed by atoms with van der Waals surface area (Å²) in [4.78, 5) is 12.5. The number of nitrogens with zero attached hydrogens (tertiary/aromatic N) is 4. The number of benzene rings is 2. The summed E-state index contributed by atoms with van der Waals surface area (Å²) in [7, 11) is 1.62. The largest absolute Gasteiger partial charge is 0.497 e. The lowest BCUT2D eigenvalue weighted by atomic mass is 10.1. The molecule has 0 atom stereocenters. The first-order chi connectivity index (χ1) is 15.9. The van der Waals surface area contributed by atoms with E-state index in [1.165, 1.54) is 16.4 Å². The number of nitrogens with one attached hydrogen (secondary N) is 2.